The SMILES string of the molecule is CC(C)(N)c1noc(CN(Cc2cccs2)C2CC2)n1.Cl. The van der Waals surface area contributed by atoms with E-state index >= 15 is 0 Å². The maximum atomic E-state index is 5.99. The predicted octanol–water partition coefficient (Wildman–Crippen LogP) is 2.91. The van der Waals surface area contributed by atoms with E-state index in [-0.39, 0.29) is 12.4 Å². The summed E-state index contributed by atoms with van der Waals surface area (Å²) in [7, 11) is 0. The van der Waals surface area contributed by atoms with E-state index in [4.69, 9.17) is 10.3 Å². The molecule has 0 amide bonds. The second kappa shape index (κ2) is 6.44. The number of thiophene rings is 1. The van der Waals surface area contributed by atoms with Crippen molar-refractivity contribution < 1.29 is 4.52 Å². The first-order valence-electron chi connectivity index (χ1n) is 6.91. The normalized spacial score (nSPS) is 15.2. The standard InChI is InChI=1S/C14H20N4OS.ClH/c1-14(2,15)13-16-12(19-17-13)9-18(10-5-6-10)8-11-4-3-7-20-11;/h3-4,7,10H,5-6,8-9,15H2,1-2H3;1H. The summed E-state index contributed by atoms with van der Waals surface area (Å²) in [6.45, 7) is 5.41. The summed E-state index contributed by atoms with van der Waals surface area (Å²) in [5, 5.41) is 6.10. The van der Waals surface area contributed by atoms with Crippen LogP contribution < -0.4 is 5.73 Å². The lowest BCUT2D eigenvalue weighted by Crippen LogP contribution is -2.30. The van der Waals surface area contributed by atoms with Crippen molar-refractivity contribution in [1.29, 1.82) is 0 Å². The van der Waals surface area contributed by atoms with Gasteiger partial charge in [0.2, 0.25) is 5.89 Å². The highest BCUT2D eigenvalue weighted by Crippen LogP contribution is 2.30. The molecule has 0 aliphatic heterocycles. The number of aromatic nitrogens is 2. The molecule has 0 aromatic carbocycles. The summed E-state index contributed by atoms with van der Waals surface area (Å²) in [4.78, 5) is 8.20. The van der Waals surface area contributed by atoms with Crippen molar-refractivity contribution in [3.63, 3.8) is 0 Å². The summed E-state index contributed by atoms with van der Waals surface area (Å²) in [5.74, 6) is 1.22. The van der Waals surface area contributed by atoms with E-state index < -0.39 is 5.54 Å². The van der Waals surface area contributed by atoms with Gasteiger partial charge in [0.25, 0.3) is 0 Å². The lowest BCUT2D eigenvalue weighted by Gasteiger charge is -2.18. The quantitative estimate of drug-likeness (QED) is 0.883. The Morgan fingerprint density at radius 1 is 1.43 bits per heavy atom. The Morgan fingerprint density at radius 2 is 2.19 bits per heavy atom. The predicted molar refractivity (Wildman–Crippen MR) is 85.3 cm³/mol. The van der Waals surface area contributed by atoms with E-state index in [1.807, 2.05) is 13.8 Å². The van der Waals surface area contributed by atoms with Crippen LogP contribution in [0.5, 0.6) is 0 Å². The average Bonchev–Trinajstić information content (AvgIpc) is 2.88. The summed E-state index contributed by atoms with van der Waals surface area (Å²) in [6.07, 6.45) is 2.52. The van der Waals surface area contributed by atoms with Crippen molar-refractivity contribution in [3.05, 3.63) is 34.1 Å². The Bertz CT molecular complexity index is 560. The maximum Gasteiger partial charge on any atom is 0.240 e. The molecule has 21 heavy (non-hydrogen) atoms. The fourth-order valence-corrected chi connectivity index (χ4v) is 2.84. The molecule has 1 aliphatic carbocycles. The molecule has 0 radical (unpaired) electrons. The van der Waals surface area contributed by atoms with Crippen LogP contribution in [0, 0.1) is 0 Å². The number of halogens is 1. The molecule has 0 atom stereocenters. The van der Waals surface area contributed by atoms with Gasteiger partial charge in [-0.1, -0.05) is 11.2 Å². The fourth-order valence-electron chi connectivity index (χ4n) is 2.11. The van der Waals surface area contributed by atoms with Crippen molar-refractivity contribution >= 4 is 23.7 Å². The molecule has 2 aromatic heterocycles. The Balaban J connectivity index is 0.00000161. The third kappa shape index (κ3) is 4.26. The molecule has 7 heteroatoms. The van der Waals surface area contributed by atoms with E-state index in [9.17, 15) is 0 Å². The Labute approximate surface area is 134 Å². The zero-order chi connectivity index (χ0) is 14.2. The monoisotopic (exact) mass is 328 g/mol. The van der Waals surface area contributed by atoms with Gasteiger partial charge in [-0.2, -0.15) is 4.98 Å². The van der Waals surface area contributed by atoms with Gasteiger partial charge in [0, 0.05) is 17.5 Å². The van der Waals surface area contributed by atoms with Crippen LogP contribution in [0.1, 0.15) is 43.3 Å². The minimum Gasteiger partial charge on any atom is -0.338 e. The van der Waals surface area contributed by atoms with Gasteiger partial charge in [-0.3, -0.25) is 4.90 Å². The highest BCUT2D eigenvalue weighted by Gasteiger charge is 2.31. The van der Waals surface area contributed by atoms with Crippen LogP contribution in [0.15, 0.2) is 22.0 Å². The number of nitrogens with two attached hydrogens (primary N) is 1. The van der Waals surface area contributed by atoms with Gasteiger partial charge in [0.15, 0.2) is 5.82 Å². The lowest BCUT2D eigenvalue weighted by atomic mass is 10.1. The third-order valence-corrected chi connectivity index (χ3v) is 4.25. The van der Waals surface area contributed by atoms with Crippen LogP contribution in [0.2, 0.25) is 0 Å². The van der Waals surface area contributed by atoms with Gasteiger partial charge in [0.1, 0.15) is 0 Å². The largest absolute Gasteiger partial charge is 0.338 e. The maximum absolute atomic E-state index is 5.99. The molecule has 0 saturated heterocycles. The molecular weight excluding hydrogens is 308 g/mol. The number of nitrogens with zero attached hydrogens (tertiary/aromatic N) is 3. The van der Waals surface area contributed by atoms with E-state index in [1.165, 1.54) is 17.7 Å². The molecular formula is C14H21ClN4OS. The van der Waals surface area contributed by atoms with Gasteiger partial charge >= 0.3 is 0 Å². The molecule has 1 saturated carbocycles. The average molecular weight is 329 g/mol. The van der Waals surface area contributed by atoms with Gasteiger partial charge in [-0.25, -0.2) is 0 Å². The summed E-state index contributed by atoms with van der Waals surface area (Å²) in [6, 6.07) is 4.91. The van der Waals surface area contributed by atoms with Crippen LogP contribution in [0.3, 0.4) is 0 Å². The van der Waals surface area contributed by atoms with Gasteiger partial charge < -0.3 is 10.3 Å². The van der Waals surface area contributed by atoms with Crippen molar-refractivity contribution in [2.75, 3.05) is 0 Å². The Hall–Kier alpha value is -0.950. The van der Waals surface area contributed by atoms with Crippen LogP contribution in [0.4, 0.5) is 0 Å². The molecule has 2 aromatic rings. The third-order valence-electron chi connectivity index (χ3n) is 3.39. The van der Waals surface area contributed by atoms with E-state index in [0.717, 1.165) is 6.54 Å². The lowest BCUT2D eigenvalue weighted by molar-refractivity contribution is 0.211. The van der Waals surface area contributed by atoms with Crippen molar-refractivity contribution in [3.8, 4) is 0 Å². The van der Waals surface area contributed by atoms with Crippen molar-refractivity contribution in [2.45, 2.75) is 51.4 Å². The van der Waals surface area contributed by atoms with Crippen molar-refractivity contribution in [1.82, 2.24) is 15.0 Å². The Morgan fingerprint density at radius 3 is 2.71 bits per heavy atom. The van der Waals surface area contributed by atoms with Crippen LogP contribution in [0.25, 0.3) is 0 Å². The molecule has 116 valence electrons. The summed E-state index contributed by atoms with van der Waals surface area (Å²) in [5.41, 5.74) is 5.43. The molecule has 0 spiro atoms. The molecule has 0 unspecified atom stereocenters. The van der Waals surface area contributed by atoms with E-state index in [2.05, 4.69) is 32.6 Å². The summed E-state index contributed by atoms with van der Waals surface area (Å²) >= 11 is 1.79. The first-order chi connectivity index (χ1) is 9.52. The number of rotatable bonds is 6. The van der Waals surface area contributed by atoms with E-state index in [1.54, 1.807) is 11.3 Å². The molecule has 2 N–H and O–H groups in total. The molecule has 2 heterocycles. The molecule has 1 fully saturated rings. The highest BCUT2D eigenvalue weighted by atomic mass is 35.5. The zero-order valence-electron chi connectivity index (χ0n) is 12.3. The second-order valence-electron chi connectivity index (χ2n) is 5.95. The fraction of sp³-hybridized carbons (Fsp3) is 0.571. The van der Waals surface area contributed by atoms with Crippen LogP contribution in [-0.4, -0.2) is 21.1 Å². The van der Waals surface area contributed by atoms with E-state index in [0.29, 0.717) is 24.3 Å². The second-order valence-corrected chi connectivity index (χ2v) is 6.98. The van der Waals surface area contributed by atoms with Gasteiger partial charge in [-0.15, -0.1) is 23.7 Å². The topological polar surface area (TPSA) is 68.2 Å². The molecule has 1 aliphatic rings. The Kier molecular flexibility index (Phi) is 5.03. The molecule has 0 bridgehead atoms. The number of hydrogen-bond acceptors (Lipinski definition) is 6. The van der Waals surface area contributed by atoms with Gasteiger partial charge in [-0.05, 0) is 38.1 Å². The first kappa shape index (κ1) is 16.4. The van der Waals surface area contributed by atoms with Crippen molar-refractivity contribution in [2.24, 2.45) is 5.73 Å². The first-order valence-corrected chi connectivity index (χ1v) is 7.79. The smallest absolute Gasteiger partial charge is 0.240 e. The minimum absolute atomic E-state index is 0. The number of hydrogen-bond donors (Lipinski definition) is 1. The van der Waals surface area contributed by atoms with Gasteiger partial charge in [0.05, 0.1) is 12.1 Å². The summed E-state index contributed by atoms with van der Waals surface area (Å²) < 4.78 is 5.34. The minimum atomic E-state index is -0.556. The van der Waals surface area contributed by atoms with Crippen LogP contribution in [-0.2, 0) is 18.6 Å². The zero-order valence-corrected chi connectivity index (χ0v) is 13.9. The van der Waals surface area contributed by atoms with Crippen LogP contribution >= 0.6 is 23.7 Å². The highest BCUT2D eigenvalue weighted by molar-refractivity contribution is 7.09. The molecule has 5 nitrogen and oxygen atoms in total. The molecule has 3 rings (SSSR count).